The quantitative estimate of drug-likeness (QED) is 0.549. The molecule has 2 unspecified atom stereocenters. The fourth-order valence-corrected chi connectivity index (χ4v) is 3.84. The summed E-state index contributed by atoms with van der Waals surface area (Å²) >= 11 is 1.98. The standard InChI is InChI=1S/C19H30N4OS/c1-3-20-19(23-16-7-8-17(10-16)25-2)22-12-15-6-9-18(21-11-15)24-13-14-4-5-14/h6,9,11,14,16-17H,3-5,7-8,10,12-13H2,1-2H3,(H2,20,22,23). The maximum atomic E-state index is 5.68. The average Bonchev–Trinajstić information content (AvgIpc) is 3.36. The third-order valence-electron chi connectivity index (χ3n) is 4.78. The second-order valence-electron chi connectivity index (χ2n) is 6.97. The lowest BCUT2D eigenvalue weighted by Gasteiger charge is -2.17. The lowest BCUT2D eigenvalue weighted by molar-refractivity contribution is 0.288. The Morgan fingerprint density at radius 2 is 2.20 bits per heavy atom. The molecule has 138 valence electrons. The molecule has 2 N–H and O–H groups in total. The highest BCUT2D eigenvalue weighted by molar-refractivity contribution is 7.99. The van der Waals surface area contributed by atoms with Crippen molar-refractivity contribution < 1.29 is 4.74 Å². The molecule has 0 aromatic carbocycles. The van der Waals surface area contributed by atoms with Crippen LogP contribution in [0.3, 0.4) is 0 Å². The van der Waals surface area contributed by atoms with Crippen molar-refractivity contribution in [3.63, 3.8) is 0 Å². The molecule has 0 spiro atoms. The van der Waals surface area contributed by atoms with Crippen molar-refractivity contribution in [2.45, 2.75) is 56.9 Å². The van der Waals surface area contributed by atoms with E-state index in [4.69, 9.17) is 9.73 Å². The van der Waals surface area contributed by atoms with Gasteiger partial charge in [-0.1, -0.05) is 6.07 Å². The first-order chi connectivity index (χ1) is 12.3. The Morgan fingerprint density at radius 1 is 1.32 bits per heavy atom. The number of hydrogen-bond donors (Lipinski definition) is 2. The minimum atomic E-state index is 0.534. The van der Waals surface area contributed by atoms with Crippen LogP contribution >= 0.6 is 11.8 Å². The molecule has 0 aliphatic heterocycles. The van der Waals surface area contributed by atoms with Gasteiger partial charge in [0.1, 0.15) is 0 Å². The summed E-state index contributed by atoms with van der Waals surface area (Å²) in [5.41, 5.74) is 1.10. The van der Waals surface area contributed by atoms with Crippen LogP contribution < -0.4 is 15.4 Å². The number of pyridine rings is 1. The van der Waals surface area contributed by atoms with Gasteiger partial charge in [-0.2, -0.15) is 11.8 Å². The van der Waals surface area contributed by atoms with Gasteiger partial charge >= 0.3 is 0 Å². The van der Waals surface area contributed by atoms with E-state index in [-0.39, 0.29) is 0 Å². The second-order valence-corrected chi connectivity index (χ2v) is 8.10. The van der Waals surface area contributed by atoms with Crippen LogP contribution in [-0.2, 0) is 6.54 Å². The van der Waals surface area contributed by atoms with E-state index in [1.165, 1.54) is 32.1 Å². The molecule has 1 aromatic heterocycles. The van der Waals surface area contributed by atoms with Crippen molar-refractivity contribution in [1.29, 1.82) is 0 Å². The Labute approximate surface area is 155 Å². The smallest absolute Gasteiger partial charge is 0.213 e. The monoisotopic (exact) mass is 362 g/mol. The van der Waals surface area contributed by atoms with Gasteiger partial charge < -0.3 is 15.4 Å². The SMILES string of the molecule is CCNC(=NCc1ccc(OCC2CC2)nc1)NC1CCC(SC)C1. The summed E-state index contributed by atoms with van der Waals surface area (Å²) < 4.78 is 5.68. The predicted molar refractivity (Wildman–Crippen MR) is 105 cm³/mol. The van der Waals surface area contributed by atoms with Crippen molar-refractivity contribution in [1.82, 2.24) is 15.6 Å². The first-order valence-electron chi connectivity index (χ1n) is 9.42. The van der Waals surface area contributed by atoms with E-state index in [0.29, 0.717) is 12.6 Å². The first kappa shape index (κ1) is 18.4. The van der Waals surface area contributed by atoms with Gasteiger partial charge in [0.05, 0.1) is 13.2 Å². The molecular weight excluding hydrogens is 332 g/mol. The van der Waals surface area contributed by atoms with Crippen LogP contribution in [-0.4, -0.2) is 41.6 Å². The molecule has 2 aliphatic rings. The normalized spacial score (nSPS) is 23.5. The number of rotatable bonds is 8. The predicted octanol–water partition coefficient (Wildman–Crippen LogP) is 3.21. The highest BCUT2D eigenvalue weighted by Gasteiger charge is 2.24. The van der Waals surface area contributed by atoms with Crippen molar-refractivity contribution in [2.75, 3.05) is 19.4 Å². The molecule has 0 saturated heterocycles. The number of guanidine groups is 1. The molecule has 5 nitrogen and oxygen atoms in total. The maximum absolute atomic E-state index is 5.68. The summed E-state index contributed by atoms with van der Waals surface area (Å²) in [6.07, 6.45) is 10.4. The molecule has 1 aromatic rings. The third-order valence-corrected chi connectivity index (χ3v) is 5.88. The molecule has 3 rings (SSSR count). The van der Waals surface area contributed by atoms with E-state index in [1.807, 2.05) is 24.0 Å². The molecule has 0 amide bonds. The number of hydrogen-bond acceptors (Lipinski definition) is 4. The minimum absolute atomic E-state index is 0.534. The van der Waals surface area contributed by atoms with Crippen molar-refractivity contribution >= 4 is 17.7 Å². The topological polar surface area (TPSA) is 58.5 Å². The van der Waals surface area contributed by atoms with Gasteiger partial charge in [0.15, 0.2) is 5.96 Å². The zero-order chi connectivity index (χ0) is 17.5. The third kappa shape index (κ3) is 6.10. The first-order valence-corrected chi connectivity index (χ1v) is 10.7. The number of nitrogens with one attached hydrogen (secondary N) is 2. The molecular formula is C19H30N4OS. The molecule has 2 fully saturated rings. The van der Waals surface area contributed by atoms with E-state index in [0.717, 1.165) is 41.7 Å². The zero-order valence-electron chi connectivity index (χ0n) is 15.3. The number of nitrogens with zero attached hydrogens (tertiary/aromatic N) is 2. The van der Waals surface area contributed by atoms with Crippen molar-refractivity contribution in [2.24, 2.45) is 10.9 Å². The van der Waals surface area contributed by atoms with Gasteiger partial charge in [-0.25, -0.2) is 9.98 Å². The van der Waals surface area contributed by atoms with Crippen molar-refractivity contribution in [3.8, 4) is 5.88 Å². The van der Waals surface area contributed by atoms with Gasteiger partial charge in [0.2, 0.25) is 5.88 Å². The van der Waals surface area contributed by atoms with Gasteiger partial charge in [-0.3, -0.25) is 0 Å². The molecule has 25 heavy (non-hydrogen) atoms. The number of ether oxygens (including phenoxy) is 1. The van der Waals surface area contributed by atoms with E-state index in [1.54, 1.807) is 0 Å². The highest BCUT2D eigenvalue weighted by Crippen LogP contribution is 2.29. The fourth-order valence-electron chi connectivity index (χ4n) is 3.05. The van der Waals surface area contributed by atoms with Gasteiger partial charge in [-0.15, -0.1) is 0 Å². The van der Waals surface area contributed by atoms with Gasteiger partial charge in [0, 0.05) is 30.1 Å². The molecule has 1 heterocycles. The summed E-state index contributed by atoms with van der Waals surface area (Å²) in [6, 6.07) is 4.54. The average molecular weight is 363 g/mol. The molecule has 6 heteroatoms. The Hall–Kier alpha value is -1.43. The molecule has 2 saturated carbocycles. The summed E-state index contributed by atoms with van der Waals surface area (Å²) in [5.74, 6) is 2.38. The number of aromatic nitrogens is 1. The lowest BCUT2D eigenvalue weighted by atomic mass is 10.2. The van der Waals surface area contributed by atoms with E-state index in [9.17, 15) is 0 Å². The van der Waals surface area contributed by atoms with E-state index >= 15 is 0 Å². The van der Waals surface area contributed by atoms with Crippen LogP contribution in [0.4, 0.5) is 0 Å². The second kappa shape index (κ2) is 9.32. The Balaban J connectivity index is 1.49. The van der Waals surface area contributed by atoms with Crippen LogP contribution in [0.1, 0.15) is 44.6 Å². The van der Waals surface area contributed by atoms with E-state index < -0.39 is 0 Å². The Morgan fingerprint density at radius 3 is 2.84 bits per heavy atom. The van der Waals surface area contributed by atoms with Crippen LogP contribution in [0.5, 0.6) is 5.88 Å². The summed E-state index contributed by atoms with van der Waals surface area (Å²) in [6.45, 7) is 4.40. The molecule has 2 atom stereocenters. The maximum Gasteiger partial charge on any atom is 0.213 e. The summed E-state index contributed by atoms with van der Waals surface area (Å²) in [7, 11) is 0. The van der Waals surface area contributed by atoms with Gasteiger partial charge in [0.25, 0.3) is 0 Å². The molecule has 0 radical (unpaired) electrons. The molecule has 2 aliphatic carbocycles. The Kier molecular flexibility index (Phi) is 6.84. The minimum Gasteiger partial charge on any atom is -0.477 e. The van der Waals surface area contributed by atoms with Crippen LogP contribution in [0, 0.1) is 5.92 Å². The zero-order valence-corrected chi connectivity index (χ0v) is 16.1. The number of thioether (sulfide) groups is 1. The van der Waals surface area contributed by atoms with Crippen LogP contribution in [0.15, 0.2) is 23.3 Å². The summed E-state index contributed by atoms with van der Waals surface area (Å²) in [4.78, 5) is 9.11. The highest BCUT2D eigenvalue weighted by atomic mass is 32.2. The van der Waals surface area contributed by atoms with Crippen LogP contribution in [0.2, 0.25) is 0 Å². The largest absolute Gasteiger partial charge is 0.477 e. The van der Waals surface area contributed by atoms with Gasteiger partial charge in [-0.05, 0) is 56.8 Å². The summed E-state index contributed by atoms with van der Waals surface area (Å²) in [5, 5.41) is 7.72. The number of aliphatic imine (C=N–C) groups is 1. The van der Waals surface area contributed by atoms with E-state index in [2.05, 4.69) is 34.9 Å². The Bertz CT molecular complexity index is 559. The van der Waals surface area contributed by atoms with Crippen molar-refractivity contribution in [3.05, 3.63) is 23.9 Å². The van der Waals surface area contributed by atoms with Crippen LogP contribution in [0.25, 0.3) is 0 Å². The fraction of sp³-hybridized carbons (Fsp3) is 0.684. The lowest BCUT2D eigenvalue weighted by Crippen LogP contribution is -2.42. The molecule has 0 bridgehead atoms.